The molecule has 2 aliphatic rings. The molecule has 3 aromatic rings. The number of ether oxygens (including phenoxy) is 2. The molecule has 38 heavy (non-hydrogen) atoms. The zero-order valence-electron chi connectivity index (χ0n) is 21.2. The Labute approximate surface area is 218 Å². The van der Waals surface area contributed by atoms with Gasteiger partial charge in [0.05, 0.1) is 49.6 Å². The fraction of sp³-hybridized carbons (Fsp3) is 0.462. The standard InChI is InChI=1S/C26H29F3N6O3/c1-16-14-37-10-8-34(16)23-20-6-7-21(19-5-3-4-18(12-19)13-30-24(36)26(27,28)29)31-22(20)32-25(33-23)35-9-11-38-15-17(35)2/h3-7,12,16-17H,8-11,13-15H2,1-2H3,(H,30,36)/t16-,17-/m0/s1. The third-order valence-electron chi connectivity index (χ3n) is 6.73. The van der Waals surface area contributed by atoms with Gasteiger partial charge in [-0.1, -0.05) is 18.2 Å². The van der Waals surface area contributed by atoms with E-state index >= 15 is 0 Å². The third-order valence-corrected chi connectivity index (χ3v) is 6.73. The third kappa shape index (κ3) is 5.51. The van der Waals surface area contributed by atoms with Crippen LogP contribution in [0.1, 0.15) is 19.4 Å². The van der Waals surface area contributed by atoms with E-state index in [4.69, 9.17) is 24.4 Å². The van der Waals surface area contributed by atoms with Crippen LogP contribution in [0, 0.1) is 0 Å². The van der Waals surface area contributed by atoms with Crippen molar-refractivity contribution in [1.29, 1.82) is 0 Å². The smallest absolute Gasteiger partial charge is 0.377 e. The molecule has 2 atom stereocenters. The second kappa shape index (κ2) is 10.7. The molecule has 0 radical (unpaired) electrons. The first-order chi connectivity index (χ1) is 18.2. The molecule has 2 aromatic heterocycles. The average molecular weight is 531 g/mol. The second-order valence-corrected chi connectivity index (χ2v) is 9.53. The molecule has 0 saturated carbocycles. The van der Waals surface area contributed by atoms with E-state index in [1.165, 1.54) is 0 Å². The van der Waals surface area contributed by atoms with Crippen LogP contribution in [-0.4, -0.2) is 78.6 Å². The summed E-state index contributed by atoms with van der Waals surface area (Å²) in [5, 5.41) is 2.71. The van der Waals surface area contributed by atoms with Crippen LogP contribution in [0.15, 0.2) is 36.4 Å². The molecular formula is C26H29F3N6O3. The van der Waals surface area contributed by atoms with Gasteiger partial charge in [0.15, 0.2) is 5.65 Å². The van der Waals surface area contributed by atoms with Gasteiger partial charge >= 0.3 is 12.1 Å². The molecule has 2 aliphatic heterocycles. The number of hydrogen-bond acceptors (Lipinski definition) is 8. The summed E-state index contributed by atoms with van der Waals surface area (Å²) < 4.78 is 48.9. The van der Waals surface area contributed by atoms with Crippen LogP contribution in [-0.2, 0) is 20.8 Å². The van der Waals surface area contributed by atoms with Crippen LogP contribution in [0.5, 0.6) is 0 Å². The van der Waals surface area contributed by atoms with Gasteiger partial charge < -0.3 is 24.6 Å². The van der Waals surface area contributed by atoms with Crippen molar-refractivity contribution in [3.05, 3.63) is 42.0 Å². The quantitative estimate of drug-likeness (QED) is 0.537. The van der Waals surface area contributed by atoms with Gasteiger partial charge in [-0.3, -0.25) is 4.79 Å². The fourth-order valence-electron chi connectivity index (χ4n) is 4.68. The van der Waals surface area contributed by atoms with Crippen molar-refractivity contribution in [2.75, 3.05) is 49.3 Å². The van der Waals surface area contributed by atoms with Gasteiger partial charge in [0.25, 0.3) is 0 Å². The van der Waals surface area contributed by atoms with Crippen molar-refractivity contribution < 1.29 is 27.4 Å². The van der Waals surface area contributed by atoms with Gasteiger partial charge in [-0.2, -0.15) is 23.1 Å². The topological polar surface area (TPSA) is 92.7 Å². The minimum Gasteiger partial charge on any atom is -0.377 e. The van der Waals surface area contributed by atoms with E-state index in [1.54, 1.807) is 18.2 Å². The molecule has 1 N–H and O–H groups in total. The number of nitrogens with one attached hydrogen (secondary N) is 1. The molecule has 12 heteroatoms. The van der Waals surface area contributed by atoms with Gasteiger partial charge in [-0.05, 0) is 37.6 Å². The van der Waals surface area contributed by atoms with E-state index in [9.17, 15) is 18.0 Å². The molecule has 2 fully saturated rings. The number of amides is 1. The number of halogens is 3. The molecule has 202 valence electrons. The van der Waals surface area contributed by atoms with Crippen molar-refractivity contribution in [3.63, 3.8) is 0 Å². The maximum absolute atomic E-state index is 12.6. The molecule has 0 aliphatic carbocycles. The Bertz CT molecular complexity index is 1320. The Morgan fingerprint density at radius 1 is 1.00 bits per heavy atom. The summed E-state index contributed by atoms with van der Waals surface area (Å²) in [5.74, 6) is -0.601. The predicted molar refractivity (Wildman–Crippen MR) is 136 cm³/mol. The largest absolute Gasteiger partial charge is 0.471 e. The van der Waals surface area contributed by atoms with Crippen molar-refractivity contribution in [3.8, 4) is 11.3 Å². The van der Waals surface area contributed by atoms with Gasteiger partial charge in [0.1, 0.15) is 5.82 Å². The summed E-state index contributed by atoms with van der Waals surface area (Å²) in [6.07, 6.45) is -4.93. The number of carbonyl (C=O) groups excluding carboxylic acids is 1. The molecule has 2 saturated heterocycles. The highest BCUT2D eigenvalue weighted by Crippen LogP contribution is 2.31. The molecule has 0 bridgehead atoms. The minimum absolute atomic E-state index is 0.0999. The van der Waals surface area contributed by atoms with E-state index in [0.29, 0.717) is 67.9 Å². The monoisotopic (exact) mass is 530 g/mol. The van der Waals surface area contributed by atoms with Crippen LogP contribution in [0.2, 0.25) is 0 Å². The second-order valence-electron chi connectivity index (χ2n) is 9.53. The van der Waals surface area contributed by atoms with Gasteiger partial charge in [0, 0.05) is 25.2 Å². The predicted octanol–water partition coefficient (Wildman–Crippen LogP) is 3.32. The molecular weight excluding hydrogens is 501 g/mol. The SMILES string of the molecule is C[C@H]1COCCN1c1nc(N2CCOC[C@@H]2C)c2ccc(-c3cccc(CNC(=O)C(F)(F)F)c3)nc2n1. The van der Waals surface area contributed by atoms with Crippen LogP contribution in [0.4, 0.5) is 24.9 Å². The summed E-state index contributed by atoms with van der Waals surface area (Å²) in [6.45, 7) is 7.62. The van der Waals surface area contributed by atoms with Crippen molar-refractivity contribution in [2.45, 2.75) is 38.7 Å². The van der Waals surface area contributed by atoms with Crippen LogP contribution in [0.25, 0.3) is 22.3 Å². The number of hydrogen-bond donors (Lipinski definition) is 1. The lowest BCUT2D eigenvalue weighted by Crippen LogP contribution is -2.46. The lowest BCUT2D eigenvalue weighted by atomic mass is 10.1. The highest BCUT2D eigenvalue weighted by molar-refractivity contribution is 5.90. The highest BCUT2D eigenvalue weighted by atomic mass is 19.4. The van der Waals surface area contributed by atoms with E-state index in [0.717, 1.165) is 11.2 Å². The summed E-state index contributed by atoms with van der Waals surface area (Å²) in [4.78, 5) is 30.2. The number of rotatable bonds is 5. The molecule has 1 aromatic carbocycles. The number of benzene rings is 1. The van der Waals surface area contributed by atoms with Crippen LogP contribution in [0.3, 0.4) is 0 Å². The van der Waals surface area contributed by atoms with Crippen molar-refractivity contribution in [1.82, 2.24) is 20.3 Å². The number of fused-ring (bicyclic) bond motifs is 1. The number of morpholine rings is 2. The molecule has 0 spiro atoms. The number of nitrogens with zero attached hydrogens (tertiary/aromatic N) is 5. The Balaban J connectivity index is 1.52. The highest BCUT2D eigenvalue weighted by Gasteiger charge is 2.38. The van der Waals surface area contributed by atoms with E-state index < -0.39 is 12.1 Å². The Kier molecular flexibility index (Phi) is 7.35. The Morgan fingerprint density at radius 3 is 2.39 bits per heavy atom. The van der Waals surface area contributed by atoms with E-state index in [-0.39, 0.29) is 18.6 Å². The Hall–Kier alpha value is -3.51. The van der Waals surface area contributed by atoms with Crippen LogP contribution >= 0.6 is 0 Å². The maximum Gasteiger partial charge on any atom is 0.471 e. The number of carbonyl (C=O) groups is 1. The first-order valence-corrected chi connectivity index (χ1v) is 12.5. The van der Waals surface area contributed by atoms with Crippen molar-refractivity contribution >= 4 is 28.7 Å². The van der Waals surface area contributed by atoms with Crippen LogP contribution < -0.4 is 15.1 Å². The Morgan fingerprint density at radius 2 is 1.71 bits per heavy atom. The number of alkyl halides is 3. The number of anilines is 2. The maximum atomic E-state index is 12.6. The fourth-order valence-corrected chi connectivity index (χ4v) is 4.68. The molecule has 9 nitrogen and oxygen atoms in total. The normalized spacial score (nSPS) is 20.6. The number of aromatic nitrogens is 3. The molecule has 0 unspecified atom stereocenters. The van der Waals surface area contributed by atoms with E-state index in [1.807, 2.05) is 23.5 Å². The van der Waals surface area contributed by atoms with Gasteiger partial charge in [0.2, 0.25) is 5.95 Å². The zero-order valence-corrected chi connectivity index (χ0v) is 21.2. The first kappa shape index (κ1) is 26.1. The zero-order chi connectivity index (χ0) is 26.9. The summed E-state index contributed by atoms with van der Waals surface area (Å²) in [5.41, 5.74) is 2.36. The number of pyridine rings is 1. The minimum atomic E-state index is -4.93. The lowest BCUT2D eigenvalue weighted by molar-refractivity contribution is -0.173. The lowest BCUT2D eigenvalue weighted by Gasteiger charge is -2.37. The average Bonchev–Trinajstić information content (AvgIpc) is 2.91. The van der Waals surface area contributed by atoms with Gasteiger partial charge in [-0.25, -0.2) is 4.98 Å². The van der Waals surface area contributed by atoms with Gasteiger partial charge in [-0.15, -0.1) is 0 Å². The van der Waals surface area contributed by atoms with E-state index in [2.05, 4.69) is 23.6 Å². The summed E-state index contributed by atoms with van der Waals surface area (Å²) in [6, 6.07) is 10.9. The molecule has 1 amide bonds. The molecule has 5 rings (SSSR count). The van der Waals surface area contributed by atoms with Crippen molar-refractivity contribution in [2.24, 2.45) is 0 Å². The summed E-state index contributed by atoms with van der Waals surface area (Å²) >= 11 is 0. The first-order valence-electron chi connectivity index (χ1n) is 12.5. The summed E-state index contributed by atoms with van der Waals surface area (Å²) in [7, 11) is 0. The molecule has 4 heterocycles.